The molecule has 1 fully saturated rings. The summed E-state index contributed by atoms with van der Waals surface area (Å²) < 4.78 is 1.09. The van der Waals surface area contributed by atoms with Gasteiger partial charge in [0.1, 0.15) is 0 Å². The van der Waals surface area contributed by atoms with Gasteiger partial charge in [0.25, 0.3) is 0 Å². The zero-order valence-corrected chi connectivity index (χ0v) is 13.5. The molecule has 1 aliphatic rings. The first kappa shape index (κ1) is 15.3. The Hall–Kier alpha value is -1.11. The third-order valence-electron chi connectivity index (χ3n) is 3.50. The lowest BCUT2D eigenvalue weighted by atomic mass is 10.1. The average molecular weight is 386 g/mol. The van der Waals surface area contributed by atoms with Crippen molar-refractivity contribution in [2.75, 3.05) is 5.32 Å². The molecule has 0 atom stereocenters. The van der Waals surface area contributed by atoms with Crippen LogP contribution in [0, 0.1) is 3.57 Å². The molecule has 1 aromatic rings. The first-order chi connectivity index (χ1) is 9.65. The molecular weight excluding hydrogens is 367 g/mol. The molecule has 1 aromatic carbocycles. The standard InChI is InChI=1S/C15H19IN2O2/c16-11-7-9-13(10-8-11)18-15(20)14(19)17-12-5-3-1-2-4-6-12/h7-10,12H,1-6H2,(H,17,19)(H,18,20). The molecule has 4 nitrogen and oxygen atoms in total. The number of carbonyl (C=O) groups excluding carboxylic acids is 2. The first-order valence-electron chi connectivity index (χ1n) is 7.02. The van der Waals surface area contributed by atoms with Gasteiger partial charge in [-0.25, -0.2) is 0 Å². The monoisotopic (exact) mass is 386 g/mol. The lowest BCUT2D eigenvalue weighted by Gasteiger charge is -2.15. The van der Waals surface area contributed by atoms with E-state index in [1.54, 1.807) is 12.1 Å². The van der Waals surface area contributed by atoms with Crippen LogP contribution in [-0.4, -0.2) is 17.9 Å². The minimum absolute atomic E-state index is 0.146. The van der Waals surface area contributed by atoms with Crippen LogP contribution < -0.4 is 10.6 Å². The highest BCUT2D eigenvalue weighted by Gasteiger charge is 2.19. The molecular formula is C15H19IN2O2. The lowest BCUT2D eigenvalue weighted by Crippen LogP contribution is -2.41. The third-order valence-corrected chi connectivity index (χ3v) is 4.22. The Labute approximate surface area is 132 Å². The predicted octanol–water partition coefficient (Wildman–Crippen LogP) is 3.07. The quantitative estimate of drug-likeness (QED) is 0.466. The van der Waals surface area contributed by atoms with Gasteiger partial charge in [0, 0.05) is 15.3 Å². The number of hydrogen-bond donors (Lipinski definition) is 2. The number of rotatable bonds is 2. The van der Waals surface area contributed by atoms with Gasteiger partial charge in [0.15, 0.2) is 0 Å². The molecule has 0 unspecified atom stereocenters. The zero-order chi connectivity index (χ0) is 14.4. The summed E-state index contributed by atoms with van der Waals surface area (Å²) in [5.74, 6) is -1.12. The molecule has 0 heterocycles. The Balaban J connectivity index is 1.85. The second-order valence-corrected chi connectivity index (χ2v) is 6.37. The molecule has 0 aliphatic heterocycles. The molecule has 2 amide bonds. The number of halogens is 1. The maximum atomic E-state index is 11.9. The Morgan fingerprint density at radius 2 is 1.55 bits per heavy atom. The van der Waals surface area contributed by atoms with E-state index < -0.39 is 11.8 Å². The maximum Gasteiger partial charge on any atom is 0.313 e. The fraction of sp³-hybridized carbons (Fsp3) is 0.467. The largest absolute Gasteiger partial charge is 0.345 e. The van der Waals surface area contributed by atoms with E-state index in [1.165, 1.54) is 12.8 Å². The van der Waals surface area contributed by atoms with E-state index in [-0.39, 0.29) is 6.04 Å². The molecule has 20 heavy (non-hydrogen) atoms. The summed E-state index contributed by atoms with van der Waals surface area (Å²) in [5.41, 5.74) is 0.645. The molecule has 0 bridgehead atoms. The Bertz CT molecular complexity index is 465. The molecule has 0 aromatic heterocycles. The van der Waals surface area contributed by atoms with E-state index >= 15 is 0 Å². The molecule has 0 spiro atoms. The number of amides is 2. The number of benzene rings is 1. The van der Waals surface area contributed by atoms with E-state index in [4.69, 9.17) is 0 Å². The molecule has 1 aliphatic carbocycles. The number of nitrogens with one attached hydrogen (secondary N) is 2. The van der Waals surface area contributed by atoms with Gasteiger partial charge in [-0.2, -0.15) is 0 Å². The third kappa shape index (κ3) is 4.77. The topological polar surface area (TPSA) is 58.2 Å². The van der Waals surface area contributed by atoms with Crippen LogP contribution in [0.2, 0.25) is 0 Å². The number of hydrogen-bond acceptors (Lipinski definition) is 2. The van der Waals surface area contributed by atoms with Crippen molar-refractivity contribution in [3.63, 3.8) is 0 Å². The SMILES string of the molecule is O=C(Nc1ccc(I)cc1)C(=O)NC1CCCCCC1. The molecule has 0 radical (unpaired) electrons. The highest BCUT2D eigenvalue weighted by molar-refractivity contribution is 14.1. The van der Waals surface area contributed by atoms with Crippen molar-refractivity contribution >= 4 is 40.1 Å². The van der Waals surface area contributed by atoms with Crippen LogP contribution in [0.25, 0.3) is 0 Å². The molecule has 5 heteroatoms. The van der Waals surface area contributed by atoms with E-state index in [2.05, 4.69) is 33.2 Å². The van der Waals surface area contributed by atoms with Crippen LogP contribution in [0.1, 0.15) is 38.5 Å². The number of anilines is 1. The summed E-state index contributed by atoms with van der Waals surface area (Å²) in [6.07, 6.45) is 6.65. The molecule has 0 saturated heterocycles. The summed E-state index contributed by atoms with van der Waals surface area (Å²) >= 11 is 2.19. The van der Waals surface area contributed by atoms with Crippen LogP contribution in [0.4, 0.5) is 5.69 Å². The van der Waals surface area contributed by atoms with Gasteiger partial charge in [-0.15, -0.1) is 0 Å². The highest BCUT2D eigenvalue weighted by atomic mass is 127. The van der Waals surface area contributed by atoms with Crippen molar-refractivity contribution in [1.82, 2.24) is 5.32 Å². The summed E-state index contributed by atoms with van der Waals surface area (Å²) in [6, 6.07) is 7.50. The van der Waals surface area contributed by atoms with E-state index in [1.807, 2.05) is 12.1 Å². The second-order valence-electron chi connectivity index (χ2n) is 5.12. The fourth-order valence-electron chi connectivity index (χ4n) is 2.40. The summed E-state index contributed by atoms with van der Waals surface area (Å²) in [7, 11) is 0. The van der Waals surface area contributed by atoms with Crippen LogP contribution in [0.5, 0.6) is 0 Å². The summed E-state index contributed by atoms with van der Waals surface area (Å²) in [5, 5.41) is 5.46. The average Bonchev–Trinajstić information content (AvgIpc) is 2.70. The van der Waals surface area contributed by atoms with Crippen LogP contribution in [0.3, 0.4) is 0 Å². The van der Waals surface area contributed by atoms with Gasteiger partial charge in [0.2, 0.25) is 0 Å². The van der Waals surface area contributed by atoms with E-state index in [9.17, 15) is 9.59 Å². The van der Waals surface area contributed by atoms with Gasteiger partial charge >= 0.3 is 11.8 Å². The lowest BCUT2D eigenvalue weighted by molar-refractivity contribution is -0.136. The fourth-order valence-corrected chi connectivity index (χ4v) is 2.76. The van der Waals surface area contributed by atoms with Crippen LogP contribution >= 0.6 is 22.6 Å². The van der Waals surface area contributed by atoms with E-state index in [0.717, 1.165) is 29.3 Å². The minimum atomic E-state index is -0.588. The van der Waals surface area contributed by atoms with Crippen LogP contribution in [0.15, 0.2) is 24.3 Å². The molecule has 1 saturated carbocycles. The van der Waals surface area contributed by atoms with Crippen molar-refractivity contribution in [1.29, 1.82) is 0 Å². The van der Waals surface area contributed by atoms with Crippen molar-refractivity contribution in [3.05, 3.63) is 27.8 Å². The predicted molar refractivity (Wildman–Crippen MR) is 87.4 cm³/mol. The molecule has 108 valence electrons. The smallest absolute Gasteiger partial charge is 0.313 e. The van der Waals surface area contributed by atoms with Crippen molar-refractivity contribution in [2.45, 2.75) is 44.6 Å². The van der Waals surface area contributed by atoms with Gasteiger partial charge in [-0.3, -0.25) is 9.59 Å². The zero-order valence-electron chi connectivity index (χ0n) is 11.3. The maximum absolute atomic E-state index is 11.9. The van der Waals surface area contributed by atoms with E-state index in [0.29, 0.717) is 5.69 Å². The van der Waals surface area contributed by atoms with Gasteiger partial charge in [0.05, 0.1) is 0 Å². The summed E-state index contributed by atoms with van der Waals surface area (Å²) in [4.78, 5) is 23.7. The van der Waals surface area contributed by atoms with Gasteiger partial charge in [-0.1, -0.05) is 25.7 Å². The first-order valence-corrected chi connectivity index (χ1v) is 8.10. The van der Waals surface area contributed by atoms with Crippen molar-refractivity contribution in [2.24, 2.45) is 0 Å². The van der Waals surface area contributed by atoms with Crippen LogP contribution in [-0.2, 0) is 9.59 Å². The van der Waals surface area contributed by atoms with Gasteiger partial charge in [-0.05, 0) is 59.7 Å². The van der Waals surface area contributed by atoms with Crippen molar-refractivity contribution < 1.29 is 9.59 Å². The Kier molecular flexibility index (Phi) is 5.82. The number of carbonyl (C=O) groups is 2. The summed E-state index contributed by atoms with van der Waals surface area (Å²) in [6.45, 7) is 0. The normalized spacial score (nSPS) is 16.2. The Morgan fingerprint density at radius 1 is 0.950 bits per heavy atom. The van der Waals surface area contributed by atoms with Gasteiger partial charge < -0.3 is 10.6 Å². The Morgan fingerprint density at radius 3 is 2.15 bits per heavy atom. The van der Waals surface area contributed by atoms with Crippen molar-refractivity contribution in [3.8, 4) is 0 Å². The molecule has 2 rings (SSSR count). The molecule has 2 N–H and O–H groups in total. The minimum Gasteiger partial charge on any atom is -0.345 e. The second kappa shape index (κ2) is 7.61. The highest BCUT2D eigenvalue weighted by Crippen LogP contribution is 2.17.